The first-order valence-corrected chi connectivity index (χ1v) is 11.3. The van der Waals surface area contributed by atoms with Crippen LogP contribution in [0.1, 0.15) is 58.8 Å². The summed E-state index contributed by atoms with van der Waals surface area (Å²) < 4.78 is 11.8. The fourth-order valence-electron chi connectivity index (χ4n) is 4.55. The van der Waals surface area contributed by atoms with E-state index in [-0.39, 0.29) is 24.0 Å². The lowest BCUT2D eigenvalue weighted by Gasteiger charge is -2.36. The Morgan fingerprint density at radius 2 is 1.89 bits per heavy atom. The van der Waals surface area contributed by atoms with Gasteiger partial charge in [0, 0.05) is 32.3 Å². The van der Waals surface area contributed by atoms with Crippen LogP contribution in [0.15, 0.2) is 4.99 Å². The van der Waals surface area contributed by atoms with Crippen LogP contribution in [-0.2, 0) is 9.47 Å². The van der Waals surface area contributed by atoms with Crippen LogP contribution in [0.5, 0.6) is 0 Å². The first kappa shape index (κ1) is 24.2. The topological polar surface area (TPSA) is 49.3 Å². The summed E-state index contributed by atoms with van der Waals surface area (Å²) in [5.74, 6) is 1.09. The van der Waals surface area contributed by atoms with E-state index in [1.54, 1.807) is 0 Å². The molecule has 2 unspecified atom stereocenters. The maximum absolute atomic E-state index is 6.12. The Hall–Kier alpha value is -0.120. The lowest BCUT2D eigenvalue weighted by Crippen LogP contribution is -2.48. The molecule has 0 aliphatic carbocycles. The van der Waals surface area contributed by atoms with E-state index in [1.165, 1.54) is 32.2 Å². The van der Waals surface area contributed by atoms with Gasteiger partial charge in [-0.05, 0) is 58.5 Å². The van der Waals surface area contributed by atoms with E-state index < -0.39 is 0 Å². The average molecular weight is 508 g/mol. The van der Waals surface area contributed by atoms with Crippen LogP contribution in [0.3, 0.4) is 0 Å². The molecule has 3 rings (SSSR count). The zero-order chi connectivity index (χ0) is 18.9. The quantitative estimate of drug-likeness (QED) is 0.326. The Kier molecular flexibility index (Phi) is 11.4. The number of rotatable bonds is 7. The Balaban J connectivity index is 0.00000280. The third-order valence-electron chi connectivity index (χ3n) is 6.23. The van der Waals surface area contributed by atoms with Gasteiger partial charge in [0.05, 0.1) is 25.4 Å². The predicted octanol–water partition coefficient (Wildman–Crippen LogP) is 3.10. The molecule has 0 aromatic heterocycles. The number of aliphatic imine (C=N–C) groups is 1. The summed E-state index contributed by atoms with van der Waals surface area (Å²) in [4.78, 5) is 10.0. The molecule has 164 valence electrons. The molecule has 0 spiro atoms. The van der Waals surface area contributed by atoms with Crippen molar-refractivity contribution >= 4 is 29.9 Å². The van der Waals surface area contributed by atoms with Crippen LogP contribution >= 0.6 is 24.0 Å². The highest BCUT2D eigenvalue weighted by Crippen LogP contribution is 2.19. The zero-order valence-electron chi connectivity index (χ0n) is 17.9. The standard InChI is InChI=1S/C21H40N4O2.HI/c1-3-22-21(23-16-18-8-5-6-12-24(18)4-2)25-13-10-19(11-14-25)27-17-20-9-7-15-26-20;/h18-20H,3-17H2,1-2H3,(H,22,23);1H. The Labute approximate surface area is 188 Å². The Bertz CT molecular complexity index is 452. The number of likely N-dealkylation sites (N-methyl/N-ethyl adjacent to an activating group) is 1. The summed E-state index contributed by atoms with van der Waals surface area (Å²) in [6.45, 7) is 12.4. The maximum atomic E-state index is 6.12. The first-order valence-electron chi connectivity index (χ1n) is 11.3. The number of nitrogens with zero attached hydrogens (tertiary/aromatic N) is 3. The second-order valence-electron chi connectivity index (χ2n) is 8.13. The molecule has 0 amide bonds. The largest absolute Gasteiger partial charge is 0.376 e. The monoisotopic (exact) mass is 508 g/mol. The van der Waals surface area contributed by atoms with Crippen molar-refractivity contribution in [2.24, 2.45) is 4.99 Å². The maximum Gasteiger partial charge on any atom is 0.193 e. The van der Waals surface area contributed by atoms with Gasteiger partial charge in [-0.15, -0.1) is 24.0 Å². The van der Waals surface area contributed by atoms with Crippen LogP contribution in [0.4, 0.5) is 0 Å². The molecule has 3 aliphatic rings. The number of hydrogen-bond donors (Lipinski definition) is 1. The summed E-state index contributed by atoms with van der Waals surface area (Å²) in [6.07, 6.45) is 9.20. The van der Waals surface area contributed by atoms with E-state index in [0.717, 1.165) is 71.2 Å². The second kappa shape index (κ2) is 13.2. The number of halogens is 1. The number of nitrogens with one attached hydrogen (secondary N) is 1. The van der Waals surface area contributed by atoms with Gasteiger partial charge < -0.3 is 19.7 Å². The minimum absolute atomic E-state index is 0. The molecule has 3 saturated heterocycles. The normalized spacial score (nSPS) is 27.6. The Morgan fingerprint density at radius 3 is 2.57 bits per heavy atom. The number of likely N-dealkylation sites (tertiary alicyclic amines) is 2. The van der Waals surface area contributed by atoms with Crippen molar-refractivity contribution in [3.05, 3.63) is 0 Å². The number of hydrogen-bond acceptors (Lipinski definition) is 4. The molecule has 0 saturated carbocycles. The third-order valence-corrected chi connectivity index (χ3v) is 6.23. The van der Waals surface area contributed by atoms with Crippen molar-refractivity contribution in [1.82, 2.24) is 15.1 Å². The van der Waals surface area contributed by atoms with Gasteiger partial charge >= 0.3 is 0 Å². The highest BCUT2D eigenvalue weighted by Gasteiger charge is 2.25. The van der Waals surface area contributed by atoms with E-state index in [2.05, 4.69) is 29.0 Å². The summed E-state index contributed by atoms with van der Waals surface area (Å²) in [5, 5.41) is 3.51. The van der Waals surface area contributed by atoms with Crippen molar-refractivity contribution in [2.45, 2.75) is 77.0 Å². The van der Waals surface area contributed by atoms with Crippen molar-refractivity contribution in [1.29, 1.82) is 0 Å². The van der Waals surface area contributed by atoms with Crippen LogP contribution < -0.4 is 5.32 Å². The molecule has 2 atom stereocenters. The first-order chi connectivity index (χ1) is 13.3. The molecule has 0 aromatic carbocycles. The summed E-state index contributed by atoms with van der Waals surface area (Å²) in [6, 6.07) is 0.615. The van der Waals surface area contributed by atoms with E-state index in [0.29, 0.717) is 18.2 Å². The van der Waals surface area contributed by atoms with E-state index in [4.69, 9.17) is 14.5 Å². The highest BCUT2D eigenvalue weighted by atomic mass is 127. The molecule has 28 heavy (non-hydrogen) atoms. The fourth-order valence-corrected chi connectivity index (χ4v) is 4.55. The summed E-state index contributed by atoms with van der Waals surface area (Å²) in [5.41, 5.74) is 0. The summed E-state index contributed by atoms with van der Waals surface area (Å²) >= 11 is 0. The van der Waals surface area contributed by atoms with E-state index in [1.807, 2.05) is 0 Å². The molecular weight excluding hydrogens is 467 g/mol. The van der Waals surface area contributed by atoms with Crippen molar-refractivity contribution in [2.75, 3.05) is 52.5 Å². The van der Waals surface area contributed by atoms with Crippen molar-refractivity contribution in [3.8, 4) is 0 Å². The SMILES string of the molecule is CCNC(=NCC1CCCCN1CC)N1CCC(OCC2CCCO2)CC1.I. The molecule has 6 nitrogen and oxygen atoms in total. The molecule has 7 heteroatoms. The highest BCUT2D eigenvalue weighted by molar-refractivity contribution is 14.0. The van der Waals surface area contributed by atoms with Crippen LogP contribution in [0, 0.1) is 0 Å². The van der Waals surface area contributed by atoms with Crippen LogP contribution in [0.2, 0.25) is 0 Å². The average Bonchev–Trinajstić information content (AvgIpc) is 3.24. The molecule has 3 heterocycles. The molecule has 0 radical (unpaired) electrons. The lowest BCUT2D eigenvalue weighted by atomic mass is 10.0. The minimum atomic E-state index is 0. The molecule has 0 aromatic rings. The summed E-state index contributed by atoms with van der Waals surface area (Å²) in [7, 11) is 0. The zero-order valence-corrected chi connectivity index (χ0v) is 20.2. The molecule has 1 N–H and O–H groups in total. The fraction of sp³-hybridized carbons (Fsp3) is 0.952. The van der Waals surface area contributed by atoms with Crippen molar-refractivity contribution in [3.63, 3.8) is 0 Å². The molecule has 3 aliphatic heterocycles. The van der Waals surface area contributed by atoms with Crippen molar-refractivity contribution < 1.29 is 9.47 Å². The van der Waals surface area contributed by atoms with Gasteiger partial charge in [-0.3, -0.25) is 9.89 Å². The van der Waals surface area contributed by atoms with Gasteiger partial charge in [-0.2, -0.15) is 0 Å². The second-order valence-corrected chi connectivity index (χ2v) is 8.13. The molecular formula is C21H41IN4O2. The molecule has 3 fully saturated rings. The van der Waals surface area contributed by atoms with Gasteiger partial charge in [-0.25, -0.2) is 0 Å². The number of piperidine rings is 2. The minimum Gasteiger partial charge on any atom is -0.376 e. The van der Waals surface area contributed by atoms with Gasteiger partial charge in [0.2, 0.25) is 0 Å². The van der Waals surface area contributed by atoms with Gasteiger partial charge in [0.25, 0.3) is 0 Å². The predicted molar refractivity (Wildman–Crippen MR) is 126 cm³/mol. The van der Waals surface area contributed by atoms with E-state index >= 15 is 0 Å². The third kappa shape index (κ3) is 7.29. The number of ether oxygens (including phenoxy) is 2. The van der Waals surface area contributed by atoms with Crippen LogP contribution in [0.25, 0.3) is 0 Å². The molecule has 0 bridgehead atoms. The Morgan fingerprint density at radius 1 is 1.07 bits per heavy atom. The number of guanidine groups is 1. The van der Waals surface area contributed by atoms with Crippen LogP contribution in [-0.4, -0.2) is 86.5 Å². The van der Waals surface area contributed by atoms with Gasteiger partial charge in [0.1, 0.15) is 0 Å². The van der Waals surface area contributed by atoms with Gasteiger partial charge in [-0.1, -0.05) is 13.3 Å². The smallest absolute Gasteiger partial charge is 0.193 e. The van der Waals surface area contributed by atoms with E-state index in [9.17, 15) is 0 Å². The van der Waals surface area contributed by atoms with Gasteiger partial charge in [0.15, 0.2) is 5.96 Å². The lowest BCUT2D eigenvalue weighted by molar-refractivity contribution is -0.0367.